The van der Waals surface area contributed by atoms with Crippen molar-refractivity contribution >= 4 is 34.2 Å². The summed E-state index contributed by atoms with van der Waals surface area (Å²) in [4.78, 5) is 17.3. The smallest absolute Gasteiger partial charge is 0.223 e. The second-order valence-electron chi connectivity index (χ2n) is 9.41. The van der Waals surface area contributed by atoms with Gasteiger partial charge in [0, 0.05) is 37.1 Å². The van der Waals surface area contributed by atoms with Crippen LogP contribution in [0.2, 0.25) is 5.02 Å². The van der Waals surface area contributed by atoms with Crippen LogP contribution in [0.25, 0.3) is 16.6 Å². The number of likely N-dealkylation sites (tertiary alicyclic amines) is 1. The molecule has 2 fully saturated rings. The number of amides is 1. The maximum atomic E-state index is 12.7. The van der Waals surface area contributed by atoms with Gasteiger partial charge in [0.05, 0.1) is 22.5 Å². The first-order valence-corrected chi connectivity index (χ1v) is 12.6. The summed E-state index contributed by atoms with van der Waals surface area (Å²) in [5.74, 6) is 1.03. The molecule has 9 heteroatoms. The van der Waals surface area contributed by atoms with E-state index >= 15 is 0 Å². The molecule has 2 aliphatic heterocycles. The zero-order valence-electron chi connectivity index (χ0n) is 19.9. The number of nitrogens with zero attached hydrogens (tertiary/aromatic N) is 6. The summed E-state index contributed by atoms with van der Waals surface area (Å²) in [5, 5.41) is 18.8. The Labute approximate surface area is 205 Å². The topological polar surface area (TPSA) is 79.2 Å². The normalized spacial score (nSPS) is 17.6. The van der Waals surface area contributed by atoms with Gasteiger partial charge in [0.1, 0.15) is 5.52 Å². The van der Waals surface area contributed by atoms with Crippen LogP contribution >= 0.6 is 11.6 Å². The van der Waals surface area contributed by atoms with E-state index in [0.29, 0.717) is 5.02 Å². The van der Waals surface area contributed by atoms with Gasteiger partial charge in [0.15, 0.2) is 5.82 Å². The molecule has 2 saturated heterocycles. The van der Waals surface area contributed by atoms with Gasteiger partial charge in [0.2, 0.25) is 5.91 Å². The number of fused-ring (bicyclic) bond motifs is 1. The molecule has 2 aliphatic rings. The van der Waals surface area contributed by atoms with Gasteiger partial charge < -0.3 is 15.1 Å². The molecular weight excluding hydrogens is 450 g/mol. The highest BCUT2D eigenvalue weighted by molar-refractivity contribution is 6.30. The van der Waals surface area contributed by atoms with Crippen molar-refractivity contribution in [2.75, 3.05) is 44.2 Å². The van der Waals surface area contributed by atoms with Crippen LogP contribution in [0.15, 0.2) is 24.3 Å². The Morgan fingerprint density at radius 2 is 1.76 bits per heavy atom. The first kappa shape index (κ1) is 23.1. The SMILES string of the molecule is Cc1nnc(N2CCC(C(=O)NCCN3CCCC3)CC2)c2nn(-c3ccc(Cl)cc3)c(C)c12. The number of hydrogen-bond donors (Lipinski definition) is 1. The van der Waals surface area contributed by atoms with Crippen LogP contribution in [0.5, 0.6) is 0 Å². The number of carbonyl (C=O) groups excluding carboxylic acids is 1. The lowest BCUT2D eigenvalue weighted by Crippen LogP contribution is -2.42. The summed E-state index contributed by atoms with van der Waals surface area (Å²) in [6.07, 6.45) is 4.17. The van der Waals surface area contributed by atoms with E-state index in [1.807, 2.05) is 35.9 Å². The van der Waals surface area contributed by atoms with E-state index in [1.165, 1.54) is 12.8 Å². The first-order chi connectivity index (χ1) is 16.5. The number of piperidine rings is 1. The van der Waals surface area contributed by atoms with Crippen LogP contribution in [-0.4, -0.2) is 70.1 Å². The van der Waals surface area contributed by atoms with Gasteiger partial charge in [-0.05, 0) is 76.9 Å². The van der Waals surface area contributed by atoms with Gasteiger partial charge in [-0.1, -0.05) is 11.6 Å². The van der Waals surface area contributed by atoms with Crippen molar-refractivity contribution in [3.05, 3.63) is 40.7 Å². The summed E-state index contributed by atoms with van der Waals surface area (Å²) in [7, 11) is 0. The number of aryl methyl sites for hydroxylation is 2. The summed E-state index contributed by atoms with van der Waals surface area (Å²) in [5.41, 5.74) is 3.70. The van der Waals surface area contributed by atoms with E-state index in [-0.39, 0.29) is 11.8 Å². The molecule has 4 heterocycles. The van der Waals surface area contributed by atoms with E-state index in [0.717, 1.165) is 85.9 Å². The number of anilines is 1. The molecule has 1 N–H and O–H groups in total. The van der Waals surface area contributed by atoms with Crippen LogP contribution in [0.3, 0.4) is 0 Å². The molecule has 0 bridgehead atoms. The molecule has 180 valence electrons. The molecule has 34 heavy (non-hydrogen) atoms. The standard InChI is InChI=1S/C25H32ClN7O/c1-17-22-18(2)33(21-7-5-20(26)6-8-21)30-23(22)24(29-28-17)32-14-9-19(10-15-32)25(34)27-11-16-31-12-3-4-13-31/h5-8,19H,3-4,9-16H2,1-2H3,(H,27,34). The van der Waals surface area contributed by atoms with Crippen molar-refractivity contribution in [2.45, 2.75) is 39.5 Å². The Morgan fingerprint density at radius 1 is 1.06 bits per heavy atom. The molecule has 0 aliphatic carbocycles. The van der Waals surface area contributed by atoms with Gasteiger partial charge in [0.25, 0.3) is 0 Å². The van der Waals surface area contributed by atoms with Crippen LogP contribution in [0, 0.1) is 19.8 Å². The second kappa shape index (κ2) is 9.88. The maximum absolute atomic E-state index is 12.7. The average molecular weight is 482 g/mol. The third kappa shape index (κ3) is 4.61. The number of nitrogens with one attached hydrogen (secondary N) is 1. The molecule has 0 atom stereocenters. The molecule has 5 rings (SSSR count). The Morgan fingerprint density at radius 3 is 2.47 bits per heavy atom. The zero-order valence-corrected chi connectivity index (χ0v) is 20.7. The highest BCUT2D eigenvalue weighted by Gasteiger charge is 2.28. The predicted molar refractivity (Wildman–Crippen MR) is 135 cm³/mol. The van der Waals surface area contributed by atoms with E-state index in [1.54, 1.807) is 0 Å². The van der Waals surface area contributed by atoms with E-state index in [4.69, 9.17) is 16.7 Å². The fourth-order valence-electron chi connectivity index (χ4n) is 5.20. The highest BCUT2D eigenvalue weighted by Crippen LogP contribution is 2.31. The fraction of sp³-hybridized carbons (Fsp3) is 0.520. The minimum atomic E-state index is 0.0529. The molecule has 8 nitrogen and oxygen atoms in total. The first-order valence-electron chi connectivity index (χ1n) is 12.2. The van der Waals surface area contributed by atoms with Crippen molar-refractivity contribution in [1.29, 1.82) is 0 Å². The van der Waals surface area contributed by atoms with Crippen molar-refractivity contribution in [1.82, 2.24) is 30.2 Å². The zero-order chi connectivity index (χ0) is 23.7. The molecule has 1 aromatic carbocycles. The Kier molecular flexibility index (Phi) is 6.70. The van der Waals surface area contributed by atoms with Crippen molar-refractivity contribution < 1.29 is 4.79 Å². The van der Waals surface area contributed by atoms with Gasteiger partial charge >= 0.3 is 0 Å². The van der Waals surface area contributed by atoms with Crippen molar-refractivity contribution in [3.63, 3.8) is 0 Å². The molecule has 0 radical (unpaired) electrons. The molecule has 0 saturated carbocycles. The minimum absolute atomic E-state index is 0.0529. The summed E-state index contributed by atoms with van der Waals surface area (Å²) < 4.78 is 1.93. The molecule has 2 aromatic heterocycles. The minimum Gasteiger partial charge on any atom is -0.355 e. The second-order valence-corrected chi connectivity index (χ2v) is 9.84. The molecular formula is C25H32ClN7O. The maximum Gasteiger partial charge on any atom is 0.223 e. The van der Waals surface area contributed by atoms with E-state index in [2.05, 4.69) is 32.2 Å². The van der Waals surface area contributed by atoms with E-state index in [9.17, 15) is 4.79 Å². The van der Waals surface area contributed by atoms with E-state index < -0.39 is 0 Å². The van der Waals surface area contributed by atoms with Gasteiger partial charge in [-0.3, -0.25) is 4.79 Å². The molecule has 0 unspecified atom stereocenters. The molecule has 1 amide bonds. The summed E-state index contributed by atoms with van der Waals surface area (Å²) in [6.45, 7) is 9.58. The summed E-state index contributed by atoms with van der Waals surface area (Å²) >= 11 is 6.07. The largest absolute Gasteiger partial charge is 0.355 e. The highest BCUT2D eigenvalue weighted by atomic mass is 35.5. The third-order valence-electron chi connectivity index (χ3n) is 7.15. The van der Waals surface area contributed by atoms with Crippen molar-refractivity contribution in [2.24, 2.45) is 5.92 Å². The lowest BCUT2D eigenvalue weighted by Gasteiger charge is -2.32. The number of benzene rings is 1. The average Bonchev–Trinajstić information content (AvgIpc) is 3.48. The molecule has 0 spiro atoms. The number of carbonyl (C=O) groups is 1. The van der Waals surface area contributed by atoms with Gasteiger partial charge in [-0.2, -0.15) is 10.2 Å². The monoisotopic (exact) mass is 481 g/mol. The summed E-state index contributed by atoms with van der Waals surface area (Å²) in [6, 6.07) is 7.66. The molecule has 3 aromatic rings. The third-order valence-corrected chi connectivity index (χ3v) is 7.40. The van der Waals surface area contributed by atoms with Crippen LogP contribution in [-0.2, 0) is 4.79 Å². The number of hydrogen-bond acceptors (Lipinski definition) is 6. The Bertz CT molecular complexity index is 1160. The van der Waals surface area contributed by atoms with Crippen LogP contribution < -0.4 is 10.2 Å². The number of aromatic nitrogens is 4. The lowest BCUT2D eigenvalue weighted by molar-refractivity contribution is -0.125. The fourth-order valence-corrected chi connectivity index (χ4v) is 5.33. The number of rotatable bonds is 6. The van der Waals surface area contributed by atoms with Crippen LogP contribution in [0.1, 0.15) is 37.1 Å². The van der Waals surface area contributed by atoms with Gasteiger partial charge in [-0.15, -0.1) is 5.10 Å². The van der Waals surface area contributed by atoms with Gasteiger partial charge in [-0.25, -0.2) is 4.68 Å². The Hall–Kier alpha value is -2.71. The number of halogens is 1. The van der Waals surface area contributed by atoms with Crippen molar-refractivity contribution in [3.8, 4) is 5.69 Å². The quantitative estimate of drug-likeness (QED) is 0.580. The van der Waals surface area contributed by atoms with Crippen LogP contribution in [0.4, 0.5) is 5.82 Å². The predicted octanol–water partition coefficient (Wildman–Crippen LogP) is 3.51. The lowest BCUT2D eigenvalue weighted by atomic mass is 9.96. The Balaban J connectivity index is 1.28.